The predicted octanol–water partition coefficient (Wildman–Crippen LogP) is 3.10. The van der Waals surface area contributed by atoms with E-state index in [9.17, 15) is 9.90 Å². The molecule has 0 saturated heterocycles. The summed E-state index contributed by atoms with van der Waals surface area (Å²) in [7, 11) is 0. The fourth-order valence-electron chi connectivity index (χ4n) is 2.91. The van der Waals surface area contributed by atoms with Crippen molar-refractivity contribution in [1.29, 1.82) is 0 Å². The Bertz CT molecular complexity index is 855. The van der Waals surface area contributed by atoms with Crippen LogP contribution in [0.2, 0.25) is 0 Å². The molecule has 0 bridgehead atoms. The van der Waals surface area contributed by atoms with Gasteiger partial charge >= 0.3 is 5.97 Å². The van der Waals surface area contributed by atoms with Gasteiger partial charge in [-0.15, -0.1) is 0 Å². The topological polar surface area (TPSA) is 114 Å². The zero-order valence-electron chi connectivity index (χ0n) is 15.5. The molecule has 8 nitrogen and oxygen atoms in total. The summed E-state index contributed by atoms with van der Waals surface area (Å²) in [5, 5.41) is 16.5. The molecule has 8 heteroatoms. The molecule has 0 fully saturated rings. The average Bonchev–Trinajstić information content (AvgIpc) is 3.16. The van der Waals surface area contributed by atoms with Gasteiger partial charge < -0.3 is 14.9 Å². The molecule has 1 atom stereocenters. The summed E-state index contributed by atoms with van der Waals surface area (Å²) >= 11 is 0. The first-order valence-electron chi connectivity index (χ1n) is 9.29. The molecule has 0 amide bonds. The van der Waals surface area contributed by atoms with Crippen molar-refractivity contribution in [2.24, 2.45) is 0 Å². The van der Waals surface area contributed by atoms with Crippen LogP contribution in [-0.4, -0.2) is 37.7 Å². The van der Waals surface area contributed by atoms with Crippen LogP contribution in [0.1, 0.15) is 42.5 Å². The first kappa shape index (κ1) is 19.5. The molecular formula is C20H23N5O3. The average molecular weight is 381 g/mol. The number of anilines is 1. The van der Waals surface area contributed by atoms with Gasteiger partial charge in [-0.05, 0) is 36.6 Å². The Hall–Kier alpha value is -3.29. The first-order valence-corrected chi connectivity index (χ1v) is 9.29. The Labute approximate surface area is 163 Å². The molecule has 0 radical (unpaired) electrons. The van der Waals surface area contributed by atoms with Crippen LogP contribution in [0.15, 0.2) is 53.4 Å². The van der Waals surface area contributed by atoms with Crippen LogP contribution < -0.4 is 5.32 Å². The van der Waals surface area contributed by atoms with Crippen LogP contribution in [0, 0.1) is 0 Å². The maximum atomic E-state index is 11.2. The number of aliphatic carboxylic acids is 1. The number of pyridine rings is 2. The monoisotopic (exact) mass is 381 g/mol. The third kappa shape index (κ3) is 6.15. The number of hydrogen-bond acceptors (Lipinski definition) is 7. The van der Waals surface area contributed by atoms with E-state index < -0.39 is 5.97 Å². The fourth-order valence-corrected chi connectivity index (χ4v) is 2.91. The van der Waals surface area contributed by atoms with Gasteiger partial charge in [0, 0.05) is 43.9 Å². The van der Waals surface area contributed by atoms with Gasteiger partial charge in [-0.25, -0.2) is 4.98 Å². The van der Waals surface area contributed by atoms with Crippen molar-refractivity contribution in [2.75, 3.05) is 11.9 Å². The zero-order valence-corrected chi connectivity index (χ0v) is 15.5. The Morgan fingerprint density at radius 3 is 2.86 bits per heavy atom. The summed E-state index contributed by atoms with van der Waals surface area (Å²) in [6, 6.07) is 9.42. The number of carboxylic acids is 1. The lowest BCUT2D eigenvalue weighted by atomic mass is 9.94. The molecule has 0 spiro atoms. The molecule has 3 rings (SSSR count). The van der Waals surface area contributed by atoms with E-state index in [1.54, 1.807) is 24.7 Å². The smallest absolute Gasteiger partial charge is 0.303 e. The normalized spacial score (nSPS) is 11.9. The summed E-state index contributed by atoms with van der Waals surface area (Å²) in [6.07, 6.45) is 8.05. The molecule has 1 unspecified atom stereocenters. The quantitative estimate of drug-likeness (QED) is 0.487. The number of aromatic nitrogens is 4. The number of carboxylic acid groups (broad SMARTS) is 1. The second-order valence-electron chi connectivity index (χ2n) is 6.49. The second kappa shape index (κ2) is 10.1. The van der Waals surface area contributed by atoms with Gasteiger partial charge in [-0.2, -0.15) is 4.98 Å². The molecule has 3 heterocycles. The SMILES string of the molecule is O=C(O)CC(Cc1nc(CCCCNc2ccccn2)no1)c1cccnc1. The number of rotatable bonds is 11. The lowest BCUT2D eigenvalue weighted by molar-refractivity contribution is -0.137. The lowest BCUT2D eigenvalue weighted by Gasteiger charge is -2.12. The van der Waals surface area contributed by atoms with Crippen LogP contribution in [-0.2, 0) is 17.6 Å². The van der Waals surface area contributed by atoms with E-state index >= 15 is 0 Å². The Kier molecular flexibility index (Phi) is 7.06. The van der Waals surface area contributed by atoms with Crippen molar-refractivity contribution in [3.05, 3.63) is 66.2 Å². The summed E-state index contributed by atoms with van der Waals surface area (Å²) in [4.78, 5) is 23.9. The van der Waals surface area contributed by atoms with E-state index in [0.29, 0.717) is 24.6 Å². The first-order chi connectivity index (χ1) is 13.7. The van der Waals surface area contributed by atoms with Crippen LogP contribution in [0.25, 0.3) is 0 Å². The van der Waals surface area contributed by atoms with E-state index in [0.717, 1.165) is 30.8 Å². The summed E-state index contributed by atoms with van der Waals surface area (Å²) in [5.41, 5.74) is 0.852. The Balaban J connectivity index is 1.46. The molecule has 0 aliphatic carbocycles. The van der Waals surface area contributed by atoms with Gasteiger partial charge in [-0.3, -0.25) is 9.78 Å². The molecule has 3 aromatic rings. The molecule has 0 aliphatic heterocycles. The van der Waals surface area contributed by atoms with E-state index in [1.807, 2.05) is 24.3 Å². The van der Waals surface area contributed by atoms with E-state index in [1.165, 1.54) is 0 Å². The lowest BCUT2D eigenvalue weighted by Crippen LogP contribution is -2.10. The van der Waals surface area contributed by atoms with Crippen molar-refractivity contribution >= 4 is 11.8 Å². The zero-order chi connectivity index (χ0) is 19.6. The van der Waals surface area contributed by atoms with Crippen LogP contribution >= 0.6 is 0 Å². The minimum absolute atomic E-state index is 0.0113. The molecular weight excluding hydrogens is 358 g/mol. The van der Waals surface area contributed by atoms with Crippen molar-refractivity contribution in [3.8, 4) is 0 Å². The summed E-state index contributed by atoms with van der Waals surface area (Å²) in [6.45, 7) is 0.823. The minimum atomic E-state index is -0.867. The Morgan fingerprint density at radius 2 is 2.11 bits per heavy atom. The highest BCUT2D eigenvalue weighted by molar-refractivity contribution is 5.68. The highest BCUT2D eigenvalue weighted by atomic mass is 16.5. The molecule has 0 aliphatic rings. The van der Waals surface area contributed by atoms with Gasteiger partial charge in [0.05, 0.1) is 6.42 Å². The van der Waals surface area contributed by atoms with Crippen molar-refractivity contribution in [1.82, 2.24) is 20.1 Å². The molecule has 0 saturated carbocycles. The fraction of sp³-hybridized carbons (Fsp3) is 0.350. The van der Waals surface area contributed by atoms with Crippen molar-refractivity contribution in [3.63, 3.8) is 0 Å². The molecule has 2 N–H and O–H groups in total. The van der Waals surface area contributed by atoms with Gasteiger partial charge in [0.2, 0.25) is 5.89 Å². The largest absolute Gasteiger partial charge is 0.481 e. The predicted molar refractivity (Wildman–Crippen MR) is 103 cm³/mol. The van der Waals surface area contributed by atoms with Crippen LogP contribution in [0.5, 0.6) is 0 Å². The molecule has 28 heavy (non-hydrogen) atoms. The third-order valence-corrected chi connectivity index (χ3v) is 4.31. The summed E-state index contributed by atoms with van der Waals surface area (Å²) < 4.78 is 5.32. The van der Waals surface area contributed by atoms with Crippen LogP contribution in [0.3, 0.4) is 0 Å². The number of nitrogens with one attached hydrogen (secondary N) is 1. The molecule has 0 aromatic carbocycles. The highest BCUT2D eigenvalue weighted by Crippen LogP contribution is 2.23. The number of unbranched alkanes of at least 4 members (excludes halogenated alkanes) is 1. The molecule has 3 aromatic heterocycles. The van der Waals surface area contributed by atoms with Crippen molar-refractivity contribution in [2.45, 2.75) is 38.0 Å². The standard InChI is InChI=1S/C20H23N5O3/c26-20(27)13-16(15-6-5-9-21-14-15)12-19-24-18(25-28-19)8-2-4-11-23-17-7-1-3-10-22-17/h1,3,5-7,9-10,14,16H,2,4,8,11-13H2,(H,22,23)(H,26,27). The highest BCUT2D eigenvalue weighted by Gasteiger charge is 2.20. The maximum absolute atomic E-state index is 11.2. The number of hydrogen-bond donors (Lipinski definition) is 2. The molecule has 146 valence electrons. The number of carbonyl (C=O) groups is 1. The van der Waals surface area contributed by atoms with Crippen LogP contribution in [0.4, 0.5) is 5.82 Å². The third-order valence-electron chi connectivity index (χ3n) is 4.31. The van der Waals surface area contributed by atoms with E-state index in [4.69, 9.17) is 4.52 Å². The van der Waals surface area contributed by atoms with Gasteiger partial charge in [0.1, 0.15) is 5.82 Å². The minimum Gasteiger partial charge on any atom is -0.481 e. The van der Waals surface area contributed by atoms with Gasteiger partial charge in [0.25, 0.3) is 0 Å². The number of nitrogens with zero attached hydrogens (tertiary/aromatic N) is 4. The van der Waals surface area contributed by atoms with Gasteiger partial charge in [0.15, 0.2) is 5.82 Å². The Morgan fingerprint density at radius 1 is 1.18 bits per heavy atom. The van der Waals surface area contributed by atoms with Gasteiger partial charge in [-0.1, -0.05) is 17.3 Å². The second-order valence-corrected chi connectivity index (χ2v) is 6.49. The maximum Gasteiger partial charge on any atom is 0.303 e. The number of aryl methyl sites for hydroxylation is 1. The van der Waals surface area contributed by atoms with E-state index in [2.05, 4.69) is 25.4 Å². The summed E-state index contributed by atoms with van der Waals surface area (Å²) in [5.74, 6) is 0.852. The van der Waals surface area contributed by atoms with Crippen molar-refractivity contribution < 1.29 is 14.4 Å². The van der Waals surface area contributed by atoms with E-state index in [-0.39, 0.29) is 12.3 Å².